The molecule has 0 unspecified atom stereocenters. The Morgan fingerprint density at radius 1 is 1.82 bits per heavy atom. The summed E-state index contributed by atoms with van der Waals surface area (Å²) in [5.41, 5.74) is 1.86. The minimum atomic E-state index is -0.773. The number of carboxylic acids is 1. The van der Waals surface area contributed by atoms with Gasteiger partial charge in [0.25, 0.3) is 0 Å². The van der Waals surface area contributed by atoms with E-state index in [4.69, 9.17) is 5.11 Å². The normalized spacial score (nSPS) is 9.91. The van der Waals surface area contributed by atoms with Crippen molar-refractivity contribution in [3.05, 3.63) is 17.5 Å². The predicted octanol–water partition coefficient (Wildman–Crippen LogP) is 0.735. The van der Waals surface area contributed by atoms with Crippen molar-refractivity contribution in [2.24, 2.45) is 0 Å². The molecular formula is C7H10N2O2. The molecule has 11 heavy (non-hydrogen) atoms. The minimum absolute atomic E-state index is 0.167. The van der Waals surface area contributed by atoms with Crippen molar-refractivity contribution in [3.8, 4) is 0 Å². The molecular weight excluding hydrogens is 144 g/mol. The summed E-state index contributed by atoms with van der Waals surface area (Å²) in [6.45, 7) is 1.85. The van der Waals surface area contributed by atoms with Crippen molar-refractivity contribution in [3.63, 3.8) is 0 Å². The maximum Gasteiger partial charge on any atom is 0.303 e. The number of aliphatic carboxylic acids is 1. The Balaban J connectivity index is 2.51. The van der Waals surface area contributed by atoms with E-state index in [0.29, 0.717) is 6.42 Å². The molecule has 0 spiro atoms. The molecule has 0 bridgehead atoms. The number of hydrogen-bond donors (Lipinski definition) is 2. The van der Waals surface area contributed by atoms with Gasteiger partial charge in [-0.1, -0.05) is 0 Å². The quantitative estimate of drug-likeness (QED) is 0.674. The average molecular weight is 154 g/mol. The molecule has 2 N–H and O–H groups in total. The molecule has 0 radical (unpaired) electrons. The van der Waals surface area contributed by atoms with Crippen LogP contribution in [0.25, 0.3) is 0 Å². The van der Waals surface area contributed by atoms with Crippen LogP contribution in [0.5, 0.6) is 0 Å². The molecule has 0 amide bonds. The molecule has 1 aromatic rings. The van der Waals surface area contributed by atoms with Gasteiger partial charge in [0.15, 0.2) is 0 Å². The van der Waals surface area contributed by atoms with Crippen LogP contribution < -0.4 is 0 Å². The average Bonchev–Trinajstić information content (AvgIpc) is 2.31. The SMILES string of the molecule is Cc1n[nH]cc1CCC(=O)O. The van der Waals surface area contributed by atoms with Gasteiger partial charge in [0, 0.05) is 12.6 Å². The zero-order chi connectivity index (χ0) is 8.27. The van der Waals surface area contributed by atoms with Crippen molar-refractivity contribution in [1.82, 2.24) is 10.2 Å². The lowest BCUT2D eigenvalue weighted by Crippen LogP contribution is -1.97. The zero-order valence-corrected chi connectivity index (χ0v) is 6.29. The number of aromatic amines is 1. The Morgan fingerprint density at radius 3 is 3.00 bits per heavy atom. The Bertz CT molecular complexity index is 255. The lowest BCUT2D eigenvalue weighted by molar-refractivity contribution is -0.136. The first-order chi connectivity index (χ1) is 5.20. The zero-order valence-electron chi connectivity index (χ0n) is 6.29. The van der Waals surface area contributed by atoms with Gasteiger partial charge in [-0.25, -0.2) is 0 Å². The molecule has 1 aromatic heterocycles. The van der Waals surface area contributed by atoms with Gasteiger partial charge in [0.2, 0.25) is 0 Å². The van der Waals surface area contributed by atoms with E-state index in [1.54, 1.807) is 6.20 Å². The molecule has 0 saturated carbocycles. The van der Waals surface area contributed by atoms with Gasteiger partial charge in [-0.05, 0) is 18.9 Å². The van der Waals surface area contributed by atoms with E-state index >= 15 is 0 Å². The standard InChI is InChI=1S/C7H10N2O2/c1-5-6(4-8-9-5)2-3-7(10)11/h4H,2-3H2,1H3,(H,8,9)(H,10,11). The number of H-pyrrole nitrogens is 1. The van der Waals surface area contributed by atoms with Crippen LogP contribution in [0.2, 0.25) is 0 Å². The van der Waals surface area contributed by atoms with E-state index in [1.807, 2.05) is 6.92 Å². The van der Waals surface area contributed by atoms with Gasteiger partial charge < -0.3 is 5.11 Å². The van der Waals surface area contributed by atoms with Gasteiger partial charge in [-0.2, -0.15) is 5.10 Å². The number of carboxylic acid groups (broad SMARTS) is 1. The van der Waals surface area contributed by atoms with Gasteiger partial charge in [-0.3, -0.25) is 9.89 Å². The highest BCUT2D eigenvalue weighted by atomic mass is 16.4. The monoisotopic (exact) mass is 154 g/mol. The van der Waals surface area contributed by atoms with Crippen LogP contribution in [0, 0.1) is 6.92 Å². The maximum atomic E-state index is 10.2. The molecule has 1 heterocycles. The molecule has 0 aliphatic carbocycles. The van der Waals surface area contributed by atoms with E-state index in [0.717, 1.165) is 11.3 Å². The molecule has 60 valence electrons. The highest BCUT2D eigenvalue weighted by Crippen LogP contribution is 2.05. The third-order valence-electron chi connectivity index (χ3n) is 1.54. The summed E-state index contributed by atoms with van der Waals surface area (Å²) < 4.78 is 0. The molecule has 0 aromatic carbocycles. The first kappa shape index (κ1) is 7.78. The van der Waals surface area contributed by atoms with Crippen LogP contribution in [-0.2, 0) is 11.2 Å². The molecule has 0 fully saturated rings. The maximum absolute atomic E-state index is 10.2. The first-order valence-corrected chi connectivity index (χ1v) is 3.41. The van der Waals surface area contributed by atoms with Gasteiger partial charge in [0.1, 0.15) is 0 Å². The smallest absolute Gasteiger partial charge is 0.303 e. The van der Waals surface area contributed by atoms with Gasteiger partial charge in [0.05, 0.1) is 5.69 Å². The Hall–Kier alpha value is -1.32. The van der Waals surface area contributed by atoms with Crippen LogP contribution in [-0.4, -0.2) is 21.3 Å². The van der Waals surface area contributed by atoms with Crippen molar-refractivity contribution in [2.45, 2.75) is 19.8 Å². The van der Waals surface area contributed by atoms with E-state index < -0.39 is 5.97 Å². The topological polar surface area (TPSA) is 66.0 Å². The number of nitrogens with one attached hydrogen (secondary N) is 1. The van der Waals surface area contributed by atoms with E-state index in [9.17, 15) is 4.79 Å². The molecule has 4 heteroatoms. The van der Waals surface area contributed by atoms with Crippen LogP contribution >= 0.6 is 0 Å². The number of hydrogen-bond acceptors (Lipinski definition) is 2. The number of aryl methyl sites for hydroxylation is 2. The number of nitrogens with zero attached hydrogens (tertiary/aromatic N) is 1. The molecule has 4 nitrogen and oxygen atoms in total. The summed E-state index contributed by atoms with van der Waals surface area (Å²) in [5, 5.41) is 14.9. The number of rotatable bonds is 3. The third kappa shape index (κ3) is 2.07. The second-order valence-corrected chi connectivity index (χ2v) is 2.39. The molecule has 0 aliphatic heterocycles. The fourth-order valence-electron chi connectivity index (χ4n) is 0.878. The molecule has 0 atom stereocenters. The summed E-state index contributed by atoms with van der Waals surface area (Å²) in [6.07, 6.45) is 2.45. The Labute approximate surface area is 64.2 Å². The lowest BCUT2D eigenvalue weighted by atomic mass is 10.1. The van der Waals surface area contributed by atoms with Crippen molar-refractivity contribution in [1.29, 1.82) is 0 Å². The molecule has 1 rings (SSSR count). The van der Waals surface area contributed by atoms with Crippen LogP contribution in [0.1, 0.15) is 17.7 Å². The lowest BCUT2D eigenvalue weighted by Gasteiger charge is -1.92. The summed E-state index contributed by atoms with van der Waals surface area (Å²) in [5.74, 6) is -0.773. The fourth-order valence-corrected chi connectivity index (χ4v) is 0.878. The van der Waals surface area contributed by atoms with Gasteiger partial charge >= 0.3 is 5.97 Å². The largest absolute Gasteiger partial charge is 0.481 e. The highest BCUT2D eigenvalue weighted by Gasteiger charge is 2.02. The van der Waals surface area contributed by atoms with Gasteiger partial charge in [-0.15, -0.1) is 0 Å². The van der Waals surface area contributed by atoms with E-state index in [1.165, 1.54) is 0 Å². The number of carbonyl (C=O) groups is 1. The highest BCUT2D eigenvalue weighted by molar-refractivity contribution is 5.67. The predicted molar refractivity (Wildman–Crippen MR) is 39.3 cm³/mol. The summed E-state index contributed by atoms with van der Waals surface area (Å²) in [6, 6.07) is 0. The molecule has 0 aliphatic rings. The van der Waals surface area contributed by atoms with Crippen LogP contribution in [0.4, 0.5) is 0 Å². The van der Waals surface area contributed by atoms with Crippen molar-refractivity contribution >= 4 is 5.97 Å². The molecule has 0 saturated heterocycles. The van der Waals surface area contributed by atoms with Crippen molar-refractivity contribution < 1.29 is 9.90 Å². The van der Waals surface area contributed by atoms with E-state index in [-0.39, 0.29) is 6.42 Å². The van der Waals surface area contributed by atoms with Crippen LogP contribution in [0.3, 0.4) is 0 Å². The summed E-state index contributed by atoms with van der Waals surface area (Å²) in [7, 11) is 0. The Morgan fingerprint density at radius 2 is 2.55 bits per heavy atom. The minimum Gasteiger partial charge on any atom is -0.481 e. The van der Waals surface area contributed by atoms with Crippen LogP contribution in [0.15, 0.2) is 6.20 Å². The van der Waals surface area contributed by atoms with Crippen molar-refractivity contribution in [2.75, 3.05) is 0 Å². The second kappa shape index (κ2) is 3.18. The third-order valence-corrected chi connectivity index (χ3v) is 1.54. The first-order valence-electron chi connectivity index (χ1n) is 3.41. The fraction of sp³-hybridized carbons (Fsp3) is 0.429. The Kier molecular flexibility index (Phi) is 2.25. The summed E-state index contributed by atoms with van der Waals surface area (Å²) in [4.78, 5) is 10.2. The second-order valence-electron chi connectivity index (χ2n) is 2.39. The van der Waals surface area contributed by atoms with E-state index in [2.05, 4.69) is 10.2 Å². The number of aromatic nitrogens is 2. The summed E-state index contributed by atoms with van der Waals surface area (Å²) >= 11 is 0.